The zero-order valence-electron chi connectivity index (χ0n) is 24.4. The molecule has 3 aliphatic carbocycles. The molecule has 1 heterocycles. The molecular formula is C35H37NO4. The van der Waals surface area contributed by atoms with E-state index >= 15 is 0 Å². The lowest BCUT2D eigenvalue weighted by molar-refractivity contribution is -0.122. The Morgan fingerprint density at radius 2 is 1.23 bits per heavy atom. The molecule has 0 spiro atoms. The molecule has 0 N–H and O–H groups in total. The molecule has 3 aromatic carbocycles. The van der Waals surface area contributed by atoms with Crippen molar-refractivity contribution in [3.05, 3.63) is 99.6 Å². The van der Waals surface area contributed by atoms with Gasteiger partial charge in [-0.25, -0.2) is 9.69 Å². The summed E-state index contributed by atoms with van der Waals surface area (Å²) in [5.74, 6) is -2.23. The van der Waals surface area contributed by atoms with Crippen molar-refractivity contribution in [2.75, 3.05) is 11.5 Å². The second-order valence-electron chi connectivity index (χ2n) is 13.5. The van der Waals surface area contributed by atoms with Crippen molar-refractivity contribution in [3.8, 4) is 0 Å². The Bertz CT molecular complexity index is 1480. The highest BCUT2D eigenvalue weighted by Gasteiger charge is 2.62. The van der Waals surface area contributed by atoms with Crippen LogP contribution < -0.4 is 4.90 Å². The first kappa shape index (κ1) is 26.5. The van der Waals surface area contributed by atoms with E-state index in [1.807, 2.05) is 0 Å². The van der Waals surface area contributed by atoms with Crippen molar-refractivity contribution in [2.24, 2.45) is 11.8 Å². The first-order chi connectivity index (χ1) is 18.8. The van der Waals surface area contributed by atoms with Gasteiger partial charge in [0.15, 0.2) is 0 Å². The number of ether oxygens (including phenoxy) is 1. The molecule has 206 valence electrons. The van der Waals surface area contributed by atoms with Gasteiger partial charge in [-0.05, 0) is 69.3 Å². The highest BCUT2D eigenvalue weighted by atomic mass is 16.5. The zero-order chi connectivity index (χ0) is 28.7. The molecule has 0 radical (unpaired) electrons. The van der Waals surface area contributed by atoms with Crippen LogP contribution in [0.4, 0.5) is 5.69 Å². The molecule has 3 aromatic rings. The molecule has 0 saturated carbocycles. The maximum Gasteiger partial charge on any atom is 0.338 e. The summed E-state index contributed by atoms with van der Waals surface area (Å²) in [6.45, 7) is 15.2. The lowest BCUT2D eigenvalue weighted by Crippen LogP contribution is -2.42. The number of carbonyl (C=O) groups excluding carboxylic acids is 3. The van der Waals surface area contributed by atoms with Gasteiger partial charge in [0, 0.05) is 11.8 Å². The normalized spacial score (nSPS) is 23.1. The first-order valence-corrected chi connectivity index (χ1v) is 14.3. The van der Waals surface area contributed by atoms with Gasteiger partial charge in [-0.3, -0.25) is 9.59 Å². The van der Waals surface area contributed by atoms with E-state index in [1.165, 1.54) is 16.0 Å². The number of nitrogens with zero attached hydrogens (tertiary/aromatic N) is 1. The third-order valence-electron chi connectivity index (χ3n) is 8.98. The topological polar surface area (TPSA) is 63.7 Å². The lowest BCUT2D eigenvalue weighted by atomic mass is 9.54. The average molecular weight is 536 g/mol. The Morgan fingerprint density at radius 1 is 0.725 bits per heavy atom. The maximum atomic E-state index is 14.3. The molecule has 7 rings (SSSR count). The van der Waals surface area contributed by atoms with Crippen LogP contribution in [0.5, 0.6) is 0 Å². The highest BCUT2D eigenvalue weighted by Crippen LogP contribution is 2.62. The number of carbonyl (C=O) groups is 3. The SMILES string of the molecule is CCOC(=O)c1cccc(N2C(=O)[C@@H]3[C@@H]4c5cc(C(C)(C)C)ccc5[C@@H](c5cc(C(C)(C)C)ccc54)[C@@H]3C2=O)c1. The largest absolute Gasteiger partial charge is 0.462 e. The van der Waals surface area contributed by atoms with Crippen molar-refractivity contribution < 1.29 is 19.1 Å². The van der Waals surface area contributed by atoms with Crippen molar-refractivity contribution in [2.45, 2.75) is 71.1 Å². The van der Waals surface area contributed by atoms with Crippen molar-refractivity contribution in [1.29, 1.82) is 0 Å². The fraction of sp³-hybridized carbons (Fsp3) is 0.400. The summed E-state index contributed by atoms with van der Waals surface area (Å²) >= 11 is 0. The number of benzene rings is 3. The second kappa shape index (κ2) is 8.89. The van der Waals surface area contributed by atoms with Crippen LogP contribution >= 0.6 is 0 Å². The van der Waals surface area contributed by atoms with Gasteiger partial charge in [-0.15, -0.1) is 0 Å². The molecule has 5 heteroatoms. The summed E-state index contributed by atoms with van der Waals surface area (Å²) in [4.78, 5) is 42.3. The summed E-state index contributed by atoms with van der Waals surface area (Å²) < 4.78 is 5.17. The van der Waals surface area contributed by atoms with Crippen LogP contribution in [-0.2, 0) is 25.2 Å². The van der Waals surface area contributed by atoms with E-state index in [2.05, 4.69) is 77.9 Å². The van der Waals surface area contributed by atoms with Gasteiger partial charge in [-0.1, -0.05) is 84.0 Å². The fourth-order valence-electron chi connectivity index (χ4n) is 6.95. The predicted octanol–water partition coefficient (Wildman–Crippen LogP) is 6.85. The molecule has 5 nitrogen and oxygen atoms in total. The molecule has 2 bridgehead atoms. The van der Waals surface area contributed by atoms with Crippen LogP contribution in [0.2, 0.25) is 0 Å². The average Bonchev–Trinajstić information content (AvgIpc) is 3.17. The Morgan fingerprint density at radius 3 is 1.68 bits per heavy atom. The van der Waals surface area contributed by atoms with E-state index in [0.717, 1.165) is 22.3 Å². The van der Waals surface area contributed by atoms with E-state index in [1.54, 1.807) is 31.2 Å². The minimum atomic E-state index is -0.487. The molecule has 2 amide bonds. The number of anilines is 1. The first-order valence-electron chi connectivity index (χ1n) is 14.3. The van der Waals surface area contributed by atoms with Crippen molar-refractivity contribution in [3.63, 3.8) is 0 Å². The molecule has 1 aliphatic heterocycles. The van der Waals surface area contributed by atoms with Gasteiger partial charge < -0.3 is 4.74 Å². The van der Waals surface area contributed by atoms with Crippen LogP contribution in [-0.4, -0.2) is 24.4 Å². The number of hydrogen-bond acceptors (Lipinski definition) is 4. The smallest absolute Gasteiger partial charge is 0.338 e. The Kier molecular flexibility index (Phi) is 5.89. The number of esters is 1. The standard InChI is InChI=1S/C35H37NO4/c1-8-40-33(39)19-10-9-11-22(16-19)36-31(37)29-27-24-15-13-21(35(5,6)7)18-26(24)28(30(29)32(36)38)23-14-12-20(17-25(23)27)34(2,3)4/h9-18,27-30H,8H2,1-7H3/t27-,28-,29-,30+/m0/s1. The van der Waals surface area contributed by atoms with E-state index in [4.69, 9.17) is 4.74 Å². The summed E-state index contributed by atoms with van der Waals surface area (Å²) in [6, 6.07) is 20.0. The van der Waals surface area contributed by atoms with Gasteiger partial charge in [0.2, 0.25) is 11.8 Å². The van der Waals surface area contributed by atoms with E-state index in [-0.39, 0.29) is 41.1 Å². The molecule has 1 fully saturated rings. The van der Waals surface area contributed by atoms with Gasteiger partial charge in [-0.2, -0.15) is 0 Å². The third-order valence-corrected chi connectivity index (χ3v) is 8.98. The Balaban J connectivity index is 1.52. The summed E-state index contributed by atoms with van der Waals surface area (Å²) in [7, 11) is 0. The number of imide groups is 1. The predicted molar refractivity (Wildman–Crippen MR) is 156 cm³/mol. The molecule has 0 aromatic heterocycles. The zero-order valence-corrected chi connectivity index (χ0v) is 24.4. The van der Waals surface area contributed by atoms with Crippen molar-refractivity contribution in [1.82, 2.24) is 0 Å². The minimum Gasteiger partial charge on any atom is -0.462 e. The van der Waals surface area contributed by atoms with Gasteiger partial charge in [0.1, 0.15) is 0 Å². The van der Waals surface area contributed by atoms with E-state index < -0.39 is 17.8 Å². The molecule has 0 unspecified atom stereocenters. The van der Waals surface area contributed by atoms with Gasteiger partial charge in [0.05, 0.1) is 29.7 Å². The van der Waals surface area contributed by atoms with Crippen molar-refractivity contribution >= 4 is 23.5 Å². The lowest BCUT2D eigenvalue weighted by Gasteiger charge is -2.47. The molecule has 1 saturated heterocycles. The van der Waals surface area contributed by atoms with Crippen LogP contribution in [0.25, 0.3) is 0 Å². The molecule has 4 atom stereocenters. The monoisotopic (exact) mass is 535 g/mol. The number of hydrogen-bond donors (Lipinski definition) is 0. The maximum absolute atomic E-state index is 14.3. The van der Waals surface area contributed by atoms with E-state index in [0.29, 0.717) is 11.3 Å². The quantitative estimate of drug-likeness (QED) is 0.272. The molecule has 40 heavy (non-hydrogen) atoms. The Labute approximate surface area is 236 Å². The number of rotatable bonds is 3. The minimum absolute atomic E-state index is 0.0425. The molecular weight excluding hydrogens is 498 g/mol. The van der Waals surface area contributed by atoms with Gasteiger partial charge in [0.25, 0.3) is 0 Å². The van der Waals surface area contributed by atoms with Gasteiger partial charge >= 0.3 is 5.97 Å². The van der Waals surface area contributed by atoms with Crippen LogP contribution in [0.3, 0.4) is 0 Å². The summed E-state index contributed by atoms with van der Waals surface area (Å²) in [5, 5.41) is 0. The number of amides is 2. The summed E-state index contributed by atoms with van der Waals surface area (Å²) in [5.41, 5.74) is 7.75. The van der Waals surface area contributed by atoms with E-state index in [9.17, 15) is 14.4 Å². The highest BCUT2D eigenvalue weighted by molar-refractivity contribution is 6.23. The van der Waals surface area contributed by atoms with Crippen LogP contribution in [0.1, 0.15) is 104 Å². The fourth-order valence-corrected chi connectivity index (χ4v) is 6.95. The Hall–Kier alpha value is -3.73. The molecule has 4 aliphatic rings. The third kappa shape index (κ3) is 3.85. The van der Waals surface area contributed by atoms with Crippen LogP contribution in [0.15, 0.2) is 60.7 Å². The second-order valence-corrected chi connectivity index (χ2v) is 13.5. The summed E-state index contributed by atoms with van der Waals surface area (Å²) in [6.07, 6.45) is 0. The van der Waals surface area contributed by atoms with Crippen LogP contribution in [0, 0.1) is 11.8 Å².